The fourth-order valence-electron chi connectivity index (χ4n) is 3.40. The lowest BCUT2D eigenvalue weighted by atomic mass is 9.86. The van der Waals surface area contributed by atoms with Crippen molar-refractivity contribution in [2.45, 2.75) is 77.3 Å². The topological polar surface area (TPSA) is 105 Å². The highest BCUT2D eigenvalue weighted by molar-refractivity contribution is 5.85. The van der Waals surface area contributed by atoms with Crippen LogP contribution in [-0.4, -0.2) is 37.2 Å². The van der Waals surface area contributed by atoms with Crippen LogP contribution in [0.5, 0.6) is 0 Å². The second-order valence-corrected chi connectivity index (χ2v) is 6.75. The lowest BCUT2D eigenvalue weighted by molar-refractivity contribution is -0.150. The lowest BCUT2D eigenvalue weighted by Crippen LogP contribution is -2.32. The van der Waals surface area contributed by atoms with E-state index in [1.165, 1.54) is 0 Å². The number of carbonyl (C=O) groups is 2. The molecule has 4 atom stereocenters. The molecule has 0 heterocycles. The molecule has 156 valence electrons. The summed E-state index contributed by atoms with van der Waals surface area (Å²) < 4.78 is 9.87. The number of carbonyl (C=O) groups excluding carboxylic acids is 2. The number of ether oxygens (including phenoxy) is 2. The molecule has 0 amide bonds. The van der Waals surface area contributed by atoms with Gasteiger partial charge in [-0.05, 0) is 52.4 Å². The highest BCUT2D eigenvalue weighted by Crippen LogP contribution is 2.24. The van der Waals surface area contributed by atoms with Crippen molar-refractivity contribution in [3.63, 3.8) is 0 Å². The molecule has 2 aliphatic carbocycles. The maximum absolute atomic E-state index is 11.3. The van der Waals surface area contributed by atoms with E-state index in [2.05, 4.69) is 0 Å². The van der Waals surface area contributed by atoms with Crippen molar-refractivity contribution in [2.24, 2.45) is 23.3 Å². The Morgan fingerprint density at radius 2 is 1.12 bits per heavy atom. The van der Waals surface area contributed by atoms with Crippen LogP contribution in [0.25, 0.3) is 0 Å². The van der Waals surface area contributed by atoms with Crippen molar-refractivity contribution in [3.05, 3.63) is 0 Å². The van der Waals surface area contributed by atoms with Gasteiger partial charge in [-0.2, -0.15) is 0 Å². The van der Waals surface area contributed by atoms with E-state index in [0.29, 0.717) is 13.2 Å². The second kappa shape index (κ2) is 15.5. The first kappa shape index (κ1) is 27.7. The summed E-state index contributed by atoms with van der Waals surface area (Å²) in [5, 5.41) is 0. The molecule has 26 heavy (non-hydrogen) atoms. The average molecular weight is 415 g/mol. The van der Waals surface area contributed by atoms with Crippen molar-refractivity contribution in [3.8, 4) is 0 Å². The summed E-state index contributed by atoms with van der Waals surface area (Å²) in [7, 11) is 0. The molecule has 0 bridgehead atoms. The van der Waals surface area contributed by atoms with Crippen molar-refractivity contribution < 1.29 is 19.1 Å². The third-order valence-corrected chi connectivity index (χ3v) is 4.67. The predicted molar refractivity (Wildman–Crippen MR) is 108 cm³/mol. The van der Waals surface area contributed by atoms with Gasteiger partial charge in [0.15, 0.2) is 0 Å². The van der Waals surface area contributed by atoms with Crippen LogP contribution in [0, 0.1) is 11.8 Å². The molecule has 0 aromatic rings. The Labute approximate surface area is 169 Å². The summed E-state index contributed by atoms with van der Waals surface area (Å²) >= 11 is 0. The van der Waals surface area contributed by atoms with Gasteiger partial charge in [0.2, 0.25) is 0 Å². The quantitative estimate of drug-likeness (QED) is 0.684. The number of esters is 2. The van der Waals surface area contributed by atoms with Gasteiger partial charge < -0.3 is 20.9 Å². The Hall–Kier alpha value is -0.560. The lowest BCUT2D eigenvalue weighted by Gasteiger charge is -2.24. The van der Waals surface area contributed by atoms with E-state index in [0.717, 1.165) is 51.4 Å². The third-order valence-electron chi connectivity index (χ3n) is 4.67. The fraction of sp³-hybridized carbons (Fsp3) is 0.889. The van der Waals surface area contributed by atoms with Crippen LogP contribution in [-0.2, 0) is 19.1 Å². The average Bonchev–Trinajstić information content (AvgIpc) is 2.56. The van der Waals surface area contributed by atoms with E-state index >= 15 is 0 Å². The Morgan fingerprint density at radius 3 is 1.38 bits per heavy atom. The first-order chi connectivity index (χ1) is 11.5. The van der Waals surface area contributed by atoms with E-state index < -0.39 is 0 Å². The molecule has 0 aromatic carbocycles. The van der Waals surface area contributed by atoms with Crippen LogP contribution in [0.2, 0.25) is 0 Å². The van der Waals surface area contributed by atoms with Crippen LogP contribution in [0.15, 0.2) is 0 Å². The number of rotatable bonds is 4. The second-order valence-electron chi connectivity index (χ2n) is 6.75. The van der Waals surface area contributed by atoms with Gasteiger partial charge in [0.05, 0.1) is 25.0 Å². The number of hydrogen-bond acceptors (Lipinski definition) is 6. The molecule has 2 fully saturated rings. The fourth-order valence-corrected chi connectivity index (χ4v) is 3.40. The molecule has 6 nitrogen and oxygen atoms in total. The maximum Gasteiger partial charge on any atom is 0.308 e. The zero-order valence-electron chi connectivity index (χ0n) is 16.0. The van der Waals surface area contributed by atoms with Gasteiger partial charge in [0.25, 0.3) is 0 Å². The van der Waals surface area contributed by atoms with Gasteiger partial charge in [0, 0.05) is 12.1 Å². The maximum atomic E-state index is 11.3. The highest BCUT2D eigenvalue weighted by atomic mass is 35.5. The van der Waals surface area contributed by atoms with E-state index in [1.54, 1.807) is 0 Å². The summed E-state index contributed by atoms with van der Waals surface area (Å²) in [6.07, 6.45) is 7.73. The molecule has 0 spiro atoms. The summed E-state index contributed by atoms with van der Waals surface area (Å²) in [4.78, 5) is 22.5. The smallest absolute Gasteiger partial charge is 0.308 e. The summed E-state index contributed by atoms with van der Waals surface area (Å²) in [6.45, 7) is 4.62. The van der Waals surface area contributed by atoms with E-state index in [1.807, 2.05) is 13.8 Å². The third kappa shape index (κ3) is 10.6. The Bertz CT molecular complexity index is 363. The first-order valence-corrected chi connectivity index (χ1v) is 9.32. The van der Waals surface area contributed by atoms with Crippen LogP contribution in [0.4, 0.5) is 0 Å². The molecule has 8 heteroatoms. The molecular formula is C18H36Cl2N2O4. The molecule has 0 unspecified atom stereocenters. The van der Waals surface area contributed by atoms with Crippen molar-refractivity contribution >= 4 is 36.8 Å². The molecule has 0 saturated heterocycles. The van der Waals surface area contributed by atoms with Gasteiger partial charge in [-0.3, -0.25) is 9.59 Å². The number of halogens is 2. The van der Waals surface area contributed by atoms with E-state index in [9.17, 15) is 9.59 Å². The minimum absolute atomic E-state index is 0. The number of nitrogens with two attached hydrogens (primary N) is 2. The van der Waals surface area contributed by atoms with Crippen LogP contribution >= 0.6 is 24.8 Å². The van der Waals surface area contributed by atoms with Crippen LogP contribution in [0.1, 0.15) is 65.2 Å². The molecule has 2 saturated carbocycles. The van der Waals surface area contributed by atoms with Gasteiger partial charge >= 0.3 is 11.9 Å². The van der Waals surface area contributed by atoms with E-state index in [-0.39, 0.29) is 60.7 Å². The summed E-state index contributed by atoms with van der Waals surface area (Å²) in [5.41, 5.74) is 11.5. The van der Waals surface area contributed by atoms with Gasteiger partial charge in [-0.1, -0.05) is 12.8 Å². The molecule has 0 radical (unpaired) electrons. The summed E-state index contributed by atoms with van der Waals surface area (Å²) in [6, 6.07) is 0.404. The van der Waals surface area contributed by atoms with Gasteiger partial charge in [-0.15, -0.1) is 24.8 Å². The van der Waals surface area contributed by atoms with Gasteiger partial charge in [0.1, 0.15) is 0 Å². The van der Waals surface area contributed by atoms with Gasteiger partial charge in [-0.25, -0.2) is 0 Å². The highest BCUT2D eigenvalue weighted by Gasteiger charge is 2.26. The molecule has 2 aliphatic rings. The first-order valence-electron chi connectivity index (χ1n) is 9.32. The van der Waals surface area contributed by atoms with Crippen molar-refractivity contribution in [1.82, 2.24) is 0 Å². The summed E-state index contributed by atoms with van der Waals surface area (Å²) in [5.74, 6) is 0.00250. The van der Waals surface area contributed by atoms with Crippen LogP contribution in [0.3, 0.4) is 0 Å². The standard InChI is InChI=1S/2C9H17NO2.2ClH/c2*1-2-12-9(11)7-4-3-5-8(10)6-7;;/h2*7-8H,2-6,10H2,1H3;2*1H/t2*7-,8+;;/m10../s1. The minimum atomic E-state index is -0.0624. The zero-order valence-corrected chi connectivity index (χ0v) is 17.6. The van der Waals surface area contributed by atoms with Crippen LogP contribution < -0.4 is 11.5 Å². The molecule has 4 N–H and O–H groups in total. The van der Waals surface area contributed by atoms with Crippen molar-refractivity contribution in [1.29, 1.82) is 0 Å². The normalized spacial score (nSPS) is 27.5. The Kier molecular flexibility index (Phi) is 16.5. The van der Waals surface area contributed by atoms with Crippen molar-refractivity contribution in [2.75, 3.05) is 13.2 Å². The monoisotopic (exact) mass is 414 g/mol. The Morgan fingerprint density at radius 1 is 0.769 bits per heavy atom. The SMILES string of the molecule is CCOC(=O)[C@@H]1CCC[C@H](N)C1.CCOC(=O)[C@H]1CCC[C@@H](N)C1.Cl.Cl. The molecule has 0 aliphatic heterocycles. The largest absolute Gasteiger partial charge is 0.466 e. The minimum Gasteiger partial charge on any atom is -0.466 e. The number of hydrogen-bond donors (Lipinski definition) is 2. The molecule has 2 rings (SSSR count). The zero-order chi connectivity index (χ0) is 17.9. The molecular weight excluding hydrogens is 379 g/mol. The predicted octanol–water partition coefficient (Wildman–Crippen LogP) is 2.98. The van der Waals surface area contributed by atoms with E-state index in [4.69, 9.17) is 20.9 Å². The Balaban J connectivity index is 0. The molecule has 0 aromatic heterocycles.